The van der Waals surface area contributed by atoms with Gasteiger partial charge in [0.2, 0.25) is 0 Å². The molecular formula is C8H16O3S2Si. The van der Waals surface area contributed by atoms with Crippen molar-refractivity contribution in [2.75, 3.05) is 21.3 Å². The molecular weight excluding hydrogens is 236 g/mol. The summed E-state index contributed by atoms with van der Waals surface area (Å²) < 4.78 is 16.1. The zero-order valence-electron chi connectivity index (χ0n) is 8.69. The lowest BCUT2D eigenvalue weighted by Crippen LogP contribution is -2.43. The van der Waals surface area contributed by atoms with Crippen molar-refractivity contribution in [1.29, 1.82) is 0 Å². The van der Waals surface area contributed by atoms with E-state index in [9.17, 15) is 0 Å². The van der Waals surface area contributed by atoms with E-state index in [2.05, 4.69) is 11.5 Å². The number of hydrogen-bond acceptors (Lipinski definition) is 5. The fourth-order valence-electron chi connectivity index (χ4n) is 1.27. The van der Waals surface area contributed by atoms with Crippen LogP contribution in [0.3, 0.4) is 0 Å². The van der Waals surface area contributed by atoms with Gasteiger partial charge in [0.25, 0.3) is 0 Å². The molecule has 3 nitrogen and oxygen atoms in total. The Hall–Kier alpha value is 0.537. The molecule has 1 heterocycles. The van der Waals surface area contributed by atoms with Crippen LogP contribution in [0.4, 0.5) is 0 Å². The van der Waals surface area contributed by atoms with Crippen LogP contribution in [-0.4, -0.2) is 35.4 Å². The zero-order valence-corrected chi connectivity index (χ0v) is 11.3. The maximum absolute atomic E-state index is 5.35. The van der Waals surface area contributed by atoms with Gasteiger partial charge < -0.3 is 13.3 Å². The van der Waals surface area contributed by atoms with Gasteiger partial charge in [-0.3, -0.25) is 0 Å². The molecule has 14 heavy (non-hydrogen) atoms. The van der Waals surface area contributed by atoms with Gasteiger partial charge in [-0.2, -0.15) is 0 Å². The van der Waals surface area contributed by atoms with Gasteiger partial charge in [-0.05, 0) is 11.8 Å². The minimum atomic E-state index is -2.34. The summed E-state index contributed by atoms with van der Waals surface area (Å²) in [6.45, 7) is 0. The van der Waals surface area contributed by atoms with Crippen molar-refractivity contribution < 1.29 is 13.3 Å². The van der Waals surface area contributed by atoms with E-state index in [1.54, 1.807) is 32.1 Å². The van der Waals surface area contributed by atoms with Gasteiger partial charge in [0.15, 0.2) is 0 Å². The fraction of sp³-hybridized carbons (Fsp3) is 0.750. The maximum atomic E-state index is 5.35. The first kappa shape index (κ1) is 12.6. The summed E-state index contributed by atoms with van der Waals surface area (Å²) in [4.78, 5) is 0. The molecule has 0 N–H and O–H groups in total. The molecule has 82 valence electrons. The highest BCUT2D eigenvalue weighted by Crippen LogP contribution is 2.38. The molecule has 6 heteroatoms. The summed E-state index contributed by atoms with van der Waals surface area (Å²) in [5.41, 5.74) is 0. The number of rotatable bonds is 6. The Balaban J connectivity index is 2.35. The van der Waals surface area contributed by atoms with E-state index in [4.69, 9.17) is 13.3 Å². The molecule has 0 aromatic carbocycles. The van der Waals surface area contributed by atoms with Crippen molar-refractivity contribution >= 4 is 30.4 Å². The van der Waals surface area contributed by atoms with Crippen molar-refractivity contribution in [2.24, 2.45) is 0 Å². The Kier molecular flexibility index (Phi) is 5.58. The molecule has 0 amide bonds. The second kappa shape index (κ2) is 6.19. The minimum Gasteiger partial charge on any atom is -0.377 e. The van der Waals surface area contributed by atoms with E-state index >= 15 is 0 Å². The van der Waals surface area contributed by atoms with Gasteiger partial charge in [-0.25, -0.2) is 0 Å². The third kappa shape index (κ3) is 3.29. The lowest BCUT2D eigenvalue weighted by molar-refractivity contribution is 0.123. The molecule has 0 saturated heterocycles. The standard InChI is InChI=1S/C8H16O3S2Si/c1-9-14(10-2,11-3)7-5-8-4-6-12-13-8/h4,6,8H,5,7H2,1-3H3. The monoisotopic (exact) mass is 252 g/mol. The van der Waals surface area contributed by atoms with Crippen LogP contribution in [0.2, 0.25) is 6.04 Å². The first-order valence-corrected chi connectivity index (χ1v) is 8.61. The second-order valence-corrected chi connectivity index (χ2v) is 8.40. The van der Waals surface area contributed by atoms with Crippen LogP contribution in [0.25, 0.3) is 0 Å². The van der Waals surface area contributed by atoms with Crippen molar-refractivity contribution in [1.82, 2.24) is 0 Å². The Morgan fingerprint density at radius 3 is 2.29 bits per heavy atom. The molecule has 1 aliphatic rings. The molecule has 1 aliphatic heterocycles. The molecule has 0 aromatic rings. The zero-order chi connectivity index (χ0) is 10.4. The van der Waals surface area contributed by atoms with Gasteiger partial charge >= 0.3 is 8.80 Å². The minimum absolute atomic E-state index is 0.576. The summed E-state index contributed by atoms with van der Waals surface area (Å²) in [6.07, 6.45) is 3.27. The van der Waals surface area contributed by atoms with Crippen LogP contribution in [0.15, 0.2) is 11.5 Å². The highest BCUT2D eigenvalue weighted by Gasteiger charge is 2.38. The van der Waals surface area contributed by atoms with Gasteiger partial charge in [-0.15, -0.1) is 0 Å². The van der Waals surface area contributed by atoms with Crippen LogP contribution < -0.4 is 0 Å². The van der Waals surface area contributed by atoms with Crippen molar-refractivity contribution in [3.05, 3.63) is 11.5 Å². The summed E-state index contributed by atoms with van der Waals surface area (Å²) in [5.74, 6) is 0. The summed E-state index contributed by atoms with van der Waals surface area (Å²) >= 11 is 0. The van der Waals surface area contributed by atoms with E-state index in [0.29, 0.717) is 5.25 Å². The third-order valence-electron chi connectivity index (χ3n) is 2.20. The SMILES string of the molecule is CO[Si](CCC1C=CSS1)(OC)OC. The molecule has 1 atom stereocenters. The second-order valence-electron chi connectivity index (χ2n) is 2.89. The smallest absolute Gasteiger partial charge is 0.377 e. The largest absolute Gasteiger partial charge is 0.500 e. The van der Waals surface area contributed by atoms with Crippen LogP contribution in [0.5, 0.6) is 0 Å². The molecule has 1 rings (SSSR count). The molecule has 1 unspecified atom stereocenters. The molecule has 0 aromatic heterocycles. The topological polar surface area (TPSA) is 27.7 Å². The van der Waals surface area contributed by atoms with E-state index in [-0.39, 0.29) is 0 Å². The van der Waals surface area contributed by atoms with Gasteiger partial charge in [-0.1, -0.05) is 27.7 Å². The highest BCUT2D eigenvalue weighted by molar-refractivity contribution is 8.78. The molecule has 0 spiro atoms. The van der Waals surface area contributed by atoms with Crippen LogP contribution in [-0.2, 0) is 13.3 Å². The number of hydrogen-bond donors (Lipinski definition) is 0. The first-order chi connectivity index (χ1) is 6.76. The van der Waals surface area contributed by atoms with Gasteiger partial charge in [0.1, 0.15) is 0 Å². The lowest BCUT2D eigenvalue weighted by atomic mass is 10.3. The quantitative estimate of drug-likeness (QED) is 0.535. The van der Waals surface area contributed by atoms with E-state index in [1.807, 2.05) is 10.8 Å². The van der Waals surface area contributed by atoms with Crippen molar-refractivity contribution in [2.45, 2.75) is 17.7 Å². The van der Waals surface area contributed by atoms with Crippen molar-refractivity contribution in [3.8, 4) is 0 Å². The average Bonchev–Trinajstić information content (AvgIpc) is 2.74. The Labute approximate surface area is 94.3 Å². The van der Waals surface area contributed by atoms with Gasteiger partial charge in [0, 0.05) is 32.6 Å². The van der Waals surface area contributed by atoms with E-state index in [0.717, 1.165) is 12.5 Å². The highest BCUT2D eigenvalue weighted by atomic mass is 33.1. The van der Waals surface area contributed by atoms with Crippen molar-refractivity contribution in [3.63, 3.8) is 0 Å². The maximum Gasteiger partial charge on any atom is 0.500 e. The summed E-state index contributed by atoms with van der Waals surface area (Å²) in [7, 11) is 6.29. The van der Waals surface area contributed by atoms with Crippen LogP contribution >= 0.6 is 21.6 Å². The molecule has 0 saturated carbocycles. The average molecular weight is 252 g/mol. The molecule has 0 bridgehead atoms. The summed E-state index contributed by atoms with van der Waals surface area (Å²) in [5, 5.41) is 2.71. The fourth-order valence-corrected chi connectivity index (χ4v) is 5.47. The van der Waals surface area contributed by atoms with E-state index in [1.165, 1.54) is 0 Å². The third-order valence-corrected chi connectivity index (χ3v) is 7.39. The predicted octanol–water partition coefficient (Wildman–Crippen LogP) is 2.53. The summed E-state index contributed by atoms with van der Waals surface area (Å²) in [6, 6.07) is 0.874. The Morgan fingerprint density at radius 2 is 1.86 bits per heavy atom. The van der Waals surface area contributed by atoms with Crippen LogP contribution in [0, 0.1) is 0 Å². The molecule has 0 radical (unpaired) electrons. The Morgan fingerprint density at radius 1 is 1.21 bits per heavy atom. The normalized spacial score (nSPS) is 21.8. The molecule has 0 fully saturated rings. The predicted molar refractivity (Wildman–Crippen MR) is 64.3 cm³/mol. The lowest BCUT2D eigenvalue weighted by Gasteiger charge is -2.24. The van der Waals surface area contributed by atoms with Crippen LogP contribution in [0.1, 0.15) is 6.42 Å². The molecule has 0 aliphatic carbocycles. The van der Waals surface area contributed by atoms with Gasteiger partial charge in [0.05, 0.1) is 0 Å². The van der Waals surface area contributed by atoms with E-state index < -0.39 is 8.80 Å². The Bertz CT molecular complexity index is 189. The first-order valence-electron chi connectivity index (χ1n) is 4.40.